The van der Waals surface area contributed by atoms with Crippen molar-refractivity contribution < 1.29 is 23.8 Å². The molecule has 0 radical (unpaired) electrons. The number of carbonyl (C=O) groups is 1. The number of hydrogen-bond donors (Lipinski definition) is 0. The molecule has 2 rings (SSSR count). The Kier molecular flexibility index (Phi) is 7.35. The Bertz CT molecular complexity index is 650. The third-order valence-corrected chi connectivity index (χ3v) is 4.37. The Morgan fingerprint density at radius 1 is 1.40 bits per heavy atom. The Balaban J connectivity index is 2.29. The normalized spacial score (nSPS) is 17.6. The molecule has 138 valence electrons. The van der Waals surface area contributed by atoms with Crippen molar-refractivity contribution in [2.24, 2.45) is 5.16 Å². The molecule has 6 nitrogen and oxygen atoms in total. The highest BCUT2D eigenvalue weighted by atomic mass is 35.5. The fraction of sp³-hybridized carbons (Fsp3) is 0.529. The minimum Gasteiger partial charge on any atom is -0.478 e. The SMILES string of the molecule is CCCCOC1CON=C1c1cc(Cl)c(Cl)cc1O[C@@H](C)C(=O)OC. The van der Waals surface area contributed by atoms with Crippen LogP contribution in [0, 0.1) is 0 Å². The van der Waals surface area contributed by atoms with Crippen LogP contribution in [0.5, 0.6) is 5.75 Å². The molecule has 1 unspecified atom stereocenters. The van der Waals surface area contributed by atoms with E-state index in [4.69, 9.17) is 37.5 Å². The first-order chi connectivity index (χ1) is 12.0. The number of ether oxygens (including phenoxy) is 3. The van der Waals surface area contributed by atoms with Gasteiger partial charge in [0.05, 0.1) is 17.2 Å². The molecule has 0 spiro atoms. The smallest absolute Gasteiger partial charge is 0.346 e. The van der Waals surface area contributed by atoms with E-state index < -0.39 is 12.1 Å². The van der Waals surface area contributed by atoms with Crippen molar-refractivity contribution in [1.82, 2.24) is 0 Å². The van der Waals surface area contributed by atoms with Crippen LogP contribution in [0.25, 0.3) is 0 Å². The number of nitrogens with zero attached hydrogens (tertiary/aromatic N) is 1. The number of methoxy groups -OCH3 is 1. The van der Waals surface area contributed by atoms with E-state index in [0.717, 1.165) is 12.8 Å². The van der Waals surface area contributed by atoms with Crippen molar-refractivity contribution >= 4 is 34.9 Å². The van der Waals surface area contributed by atoms with Gasteiger partial charge in [-0.3, -0.25) is 0 Å². The molecule has 1 aromatic rings. The zero-order valence-electron chi connectivity index (χ0n) is 14.4. The summed E-state index contributed by atoms with van der Waals surface area (Å²) in [4.78, 5) is 16.8. The van der Waals surface area contributed by atoms with Gasteiger partial charge in [0.25, 0.3) is 0 Å². The first-order valence-corrected chi connectivity index (χ1v) is 8.78. The second-order valence-electron chi connectivity index (χ2n) is 5.53. The molecule has 0 aromatic heterocycles. The first-order valence-electron chi connectivity index (χ1n) is 8.03. The van der Waals surface area contributed by atoms with Gasteiger partial charge in [0.15, 0.2) is 6.10 Å². The zero-order valence-corrected chi connectivity index (χ0v) is 15.9. The first kappa shape index (κ1) is 19.8. The lowest BCUT2D eigenvalue weighted by Gasteiger charge is -2.18. The number of carbonyl (C=O) groups excluding carboxylic acids is 1. The summed E-state index contributed by atoms with van der Waals surface area (Å²) in [5.41, 5.74) is 1.13. The molecule has 0 fully saturated rings. The van der Waals surface area contributed by atoms with Gasteiger partial charge >= 0.3 is 5.97 Å². The zero-order chi connectivity index (χ0) is 18.4. The molecule has 0 amide bonds. The summed E-state index contributed by atoms with van der Waals surface area (Å²) in [5.74, 6) is -0.141. The summed E-state index contributed by atoms with van der Waals surface area (Å²) in [6.07, 6.45) is 0.814. The van der Waals surface area contributed by atoms with E-state index >= 15 is 0 Å². The van der Waals surface area contributed by atoms with Gasteiger partial charge in [0, 0.05) is 18.2 Å². The van der Waals surface area contributed by atoms with Gasteiger partial charge in [-0.25, -0.2) is 4.79 Å². The monoisotopic (exact) mass is 389 g/mol. The van der Waals surface area contributed by atoms with Crippen LogP contribution in [0.15, 0.2) is 17.3 Å². The maximum Gasteiger partial charge on any atom is 0.346 e. The molecule has 0 saturated heterocycles. The van der Waals surface area contributed by atoms with E-state index in [1.807, 2.05) is 0 Å². The molecule has 1 aliphatic rings. The largest absolute Gasteiger partial charge is 0.478 e. The second kappa shape index (κ2) is 9.27. The fourth-order valence-corrected chi connectivity index (χ4v) is 2.58. The van der Waals surface area contributed by atoms with Crippen LogP contribution >= 0.6 is 23.2 Å². The van der Waals surface area contributed by atoms with Crippen molar-refractivity contribution in [1.29, 1.82) is 0 Å². The van der Waals surface area contributed by atoms with E-state index in [-0.39, 0.29) is 6.10 Å². The van der Waals surface area contributed by atoms with Crippen LogP contribution in [0.2, 0.25) is 10.0 Å². The van der Waals surface area contributed by atoms with Crippen LogP contribution in [0.4, 0.5) is 0 Å². The molecule has 2 atom stereocenters. The molecule has 8 heteroatoms. The van der Waals surface area contributed by atoms with Crippen LogP contribution in [0.1, 0.15) is 32.3 Å². The lowest BCUT2D eigenvalue weighted by molar-refractivity contribution is -0.147. The van der Waals surface area contributed by atoms with Crippen LogP contribution in [0.3, 0.4) is 0 Å². The highest BCUT2D eigenvalue weighted by molar-refractivity contribution is 6.42. The lowest BCUT2D eigenvalue weighted by atomic mass is 10.0. The third-order valence-electron chi connectivity index (χ3n) is 3.65. The highest BCUT2D eigenvalue weighted by Gasteiger charge is 2.30. The maximum absolute atomic E-state index is 11.7. The van der Waals surface area contributed by atoms with E-state index in [0.29, 0.717) is 40.3 Å². The topological polar surface area (TPSA) is 66.3 Å². The number of unbranched alkanes of at least 4 members (excludes halogenated alkanes) is 1. The number of oxime groups is 1. The van der Waals surface area contributed by atoms with Gasteiger partial charge in [-0.1, -0.05) is 41.7 Å². The van der Waals surface area contributed by atoms with Gasteiger partial charge in [-0.05, 0) is 19.4 Å². The molecular weight excluding hydrogens is 369 g/mol. The molecule has 0 saturated carbocycles. The molecule has 1 aromatic carbocycles. The molecule has 0 bridgehead atoms. The van der Waals surface area contributed by atoms with Gasteiger partial charge in [0.2, 0.25) is 0 Å². The van der Waals surface area contributed by atoms with E-state index in [2.05, 4.69) is 16.8 Å². The molecule has 1 aliphatic heterocycles. The van der Waals surface area contributed by atoms with Crippen molar-refractivity contribution in [3.8, 4) is 5.75 Å². The minimum absolute atomic E-state index is 0.306. The van der Waals surface area contributed by atoms with Crippen LogP contribution < -0.4 is 4.74 Å². The van der Waals surface area contributed by atoms with Crippen LogP contribution in [-0.2, 0) is 19.1 Å². The average Bonchev–Trinajstić information content (AvgIpc) is 3.05. The quantitative estimate of drug-likeness (QED) is 0.498. The summed E-state index contributed by atoms with van der Waals surface area (Å²) in [6.45, 7) is 4.58. The van der Waals surface area contributed by atoms with Crippen molar-refractivity contribution in [3.63, 3.8) is 0 Å². The minimum atomic E-state index is -0.816. The number of esters is 1. The molecule has 1 heterocycles. The molecule has 0 N–H and O–H groups in total. The summed E-state index contributed by atoms with van der Waals surface area (Å²) in [6, 6.07) is 3.18. The Hall–Kier alpha value is -1.50. The Morgan fingerprint density at radius 2 is 2.12 bits per heavy atom. The average molecular weight is 390 g/mol. The van der Waals surface area contributed by atoms with E-state index in [1.165, 1.54) is 7.11 Å². The molecule has 0 aliphatic carbocycles. The summed E-state index contributed by atoms with van der Waals surface area (Å²) in [5, 5.41) is 4.71. The highest BCUT2D eigenvalue weighted by Crippen LogP contribution is 2.33. The molecule has 25 heavy (non-hydrogen) atoms. The number of halogens is 2. The van der Waals surface area contributed by atoms with Crippen molar-refractivity contribution in [2.45, 2.75) is 38.9 Å². The summed E-state index contributed by atoms with van der Waals surface area (Å²) >= 11 is 12.2. The predicted molar refractivity (Wildman–Crippen MR) is 95.7 cm³/mol. The van der Waals surface area contributed by atoms with Gasteiger partial charge in [-0.2, -0.15) is 0 Å². The standard InChI is InChI=1S/C17H21Cl2NO5/c1-4-5-6-23-15-9-24-20-16(15)11-7-12(18)13(19)8-14(11)25-10(2)17(21)22-3/h7-8,10,15H,4-6,9H2,1-3H3/t10-,15?/m0/s1. The fourth-order valence-electron chi connectivity index (χ4n) is 2.26. The summed E-state index contributed by atoms with van der Waals surface area (Å²) in [7, 11) is 1.30. The van der Waals surface area contributed by atoms with Crippen molar-refractivity contribution in [2.75, 3.05) is 20.3 Å². The Morgan fingerprint density at radius 3 is 2.80 bits per heavy atom. The second-order valence-corrected chi connectivity index (χ2v) is 6.35. The van der Waals surface area contributed by atoms with E-state index in [9.17, 15) is 4.79 Å². The predicted octanol–water partition coefficient (Wildman–Crippen LogP) is 3.85. The summed E-state index contributed by atoms with van der Waals surface area (Å²) < 4.78 is 16.2. The molecular formula is C17H21Cl2NO5. The van der Waals surface area contributed by atoms with Gasteiger partial charge in [-0.15, -0.1) is 0 Å². The number of hydrogen-bond acceptors (Lipinski definition) is 6. The lowest BCUT2D eigenvalue weighted by Crippen LogP contribution is -2.28. The van der Waals surface area contributed by atoms with E-state index in [1.54, 1.807) is 19.1 Å². The Labute approximate surface area is 157 Å². The van der Waals surface area contributed by atoms with Gasteiger partial charge in [0.1, 0.15) is 24.2 Å². The van der Waals surface area contributed by atoms with Gasteiger partial charge < -0.3 is 19.0 Å². The maximum atomic E-state index is 11.7. The van der Waals surface area contributed by atoms with Crippen LogP contribution in [-0.4, -0.2) is 44.2 Å². The number of benzene rings is 1. The van der Waals surface area contributed by atoms with Crippen molar-refractivity contribution in [3.05, 3.63) is 27.7 Å². The third kappa shape index (κ3) is 5.00. The number of rotatable bonds is 8.